The summed E-state index contributed by atoms with van der Waals surface area (Å²) < 4.78 is 31.6. The highest BCUT2D eigenvalue weighted by Crippen LogP contribution is 2.23. The van der Waals surface area contributed by atoms with Gasteiger partial charge in [0.05, 0.1) is 19.1 Å². The van der Waals surface area contributed by atoms with Gasteiger partial charge < -0.3 is 15.0 Å². The molecule has 0 heterocycles. The van der Waals surface area contributed by atoms with Crippen LogP contribution < -0.4 is 14.4 Å². The van der Waals surface area contributed by atoms with Gasteiger partial charge in [-0.05, 0) is 62.1 Å². The number of aryl methyl sites for hydroxylation is 1. The molecule has 1 atom stereocenters. The first kappa shape index (κ1) is 27.5. The van der Waals surface area contributed by atoms with Gasteiger partial charge in [-0.15, -0.1) is 0 Å². The molecule has 1 fully saturated rings. The molecule has 0 aromatic heterocycles. The average molecular weight is 516 g/mol. The maximum Gasteiger partial charge on any atom is 0.244 e. The molecule has 36 heavy (non-hydrogen) atoms. The number of hydrogen-bond acceptors (Lipinski definition) is 5. The summed E-state index contributed by atoms with van der Waals surface area (Å²) in [6.45, 7) is 3.43. The van der Waals surface area contributed by atoms with Crippen molar-refractivity contribution in [3.05, 3.63) is 59.7 Å². The lowest BCUT2D eigenvalue weighted by molar-refractivity contribution is -0.139. The molecule has 1 aliphatic rings. The Morgan fingerprint density at radius 1 is 1.06 bits per heavy atom. The molecule has 0 saturated heterocycles. The van der Waals surface area contributed by atoms with E-state index in [2.05, 4.69) is 5.32 Å². The molecule has 2 aromatic rings. The molecule has 0 spiro atoms. The molecule has 9 heteroatoms. The fraction of sp³-hybridized carbons (Fsp3) is 0.481. The third kappa shape index (κ3) is 7.22. The monoisotopic (exact) mass is 515 g/mol. The first-order valence-electron chi connectivity index (χ1n) is 12.4. The Balaban J connectivity index is 1.87. The van der Waals surface area contributed by atoms with Crippen molar-refractivity contribution in [2.24, 2.45) is 0 Å². The van der Waals surface area contributed by atoms with E-state index in [0.717, 1.165) is 47.4 Å². The second-order valence-electron chi connectivity index (χ2n) is 9.44. The molecule has 0 aliphatic heterocycles. The van der Waals surface area contributed by atoms with Gasteiger partial charge in [0.15, 0.2) is 0 Å². The van der Waals surface area contributed by atoms with Crippen LogP contribution in [0.3, 0.4) is 0 Å². The summed E-state index contributed by atoms with van der Waals surface area (Å²) >= 11 is 0. The normalized spacial score (nSPS) is 15.1. The van der Waals surface area contributed by atoms with Crippen molar-refractivity contribution in [2.75, 3.05) is 24.2 Å². The molecular weight excluding hydrogens is 478 g/mol. The average Bonchev–Trinajstić information content (AvgIpc) is 2.86. The number of amides is 2. The minimum atomic E-state index is -3.77. The Morgan fingerprint density at radius 3 is 2.28 bits per heavy atom. The Morgan fingerprint density at radius 2 is 1.69 bits per heavy atom. The highest BCUT2D eigenvalue weighted by Gasteiger charge is 2.31. The number of ether oxygens (including phenoxy) is 1. The van der Waals surface area contributed by atoms with Gasteiger partial charge in [0.2, 0.25) is 21.8 Å². The molecule has 196 valence electrons. The zero-order valence-corrected chi connectivity index (χ0v) is 22.4. The van der Waals surface area contributed by atoms with Gasteiger partial charge in [0.25, 0.3) is 0 Å². The third-order valence-electron chi connectivity index (χ3n) is 6.76. The summed E-state index contributed by atoms with van der Waals surface area (Å²) in [7, 11) is -2.25. The summed E-state index contributed by atoms with van der Waals surface area (Å²) in [6.07, 6.45) is 6.27. The topological polar surface area (TPSA) is 96.0 Å². The highest BCUT2D eigenvalue weighted by molar-refractivity contribution is 7.92. The maximum atomic E-state index is 13.7. The van der Waals surface area contributed by atoms with Crippen LogP contribution in [-0.4, -0.2) is 57.1 Å². The fourth-order valence-corrected chi connectivity index (χ4v) is 5.33. The number of nitrogens with one attached hydrogen (secondary N) is 1. The predicted molar refractivity (Wildman–Crippen MR) is 141 cm³/mol. The number of methoxy groups -OCH3 is 1. The van der Waals surface area contributed by atoms with Crippen molar-refractivity contribution in [1.82, 2.24) is 10.2 Å². The number of carbonyl (C=O) groups is 2. The van der Waals surface area contributed by atoms with Gasteiger partial charge in [-0.1, -0.05) is 43.5 Å². The Kier molecular flexibility index (Phi) is 9.37. The SMILES string of the molecule is COc1ccc(N(CC(=O)N(Cc2ccccc2C)[C@H](C)C(=O)NC2CCCCC2)S(C)(=O)=O)cc1. The molecular formula is C27H37N3O5S. The molecule has 1 saturated carbocycles. The number of carbonyl (C=O) groups excluding carboxylic acids is 2. The highest BCUT2D eigenvalue weighted by atomic mass is 32.2. The Labute approximate surface area is 214 Å². The van der Waals surface area contributed by atoms with E-state index in [1.165, 1.54) is 18.4 Å². The van der Waals surface area contributed by atoms with Crippen molar-refractivity contribution < 1.29 is 22.7 Å². The van der Waals surface area contributed by atoms with Crippen LogP contribution in [0.1, 0.15) is 50.2 Å². The van der Waals surface area contributed by atoms with E-state index < -0.39 is 28.5 Å². The van der Waals surface area contributed by atoms with E-state index in [1.807, 2.05) is 31.2 Å². The van der Waals surface area contributed by atoms with Crippen LogP contribution in [0, 0.1) is 6.92 Å². The van der Waals surface area contributed by atoms with E-state index in [4.69, 9.17) is 4.74 Å². The van der Waals surface area contributed by atoms with Crippen LogP contribution in [0.25, 0.3) is 0 Å². The third-order valence-corrected chi connectivity index (χ3v) is 7.90. The van der Waals surface area contributed by atoms with Gasteiger partial charge in [0.1, 0.15) is 18.3 Å². The van der Waals surface area contributed by atoms with Crippen molar-refractivity contribution in [3.8, 4) is 5.75 Å². The Bertz CT molecular complexity index is 1140. The first-order chi connectivity index (χ1) is 17.1. The summed E-state index contributed by atoms with van der Waals surface area (Å²) in [5, 5.41) is 3.10. The van der Waals surface area contributed by atoms with Gasteiger partial charge in [-0.3, -0.25) is 13.9 Å². The number of nitrogens with zero attached hydrogens (tertiary/aromatic N) is 2. The lowest BCUT2D eigenvalue weighted by Gasteiger charge is -2.33. The molecule has 8 nitrogen and oxygen atoms in total. The van der Waals surface area contributed by atoms with E-state index in [-0.39, 0.29) is 18.5 Å². The molecule has 0 unspecified atom stereocenters. The van der Waals surface area contributed by atoms with E-state index in [9.17, 15) is 18.0 Å². The molecule has 3 rings (SSSR count). The van der Waals surface area contributed by atoms with Crippen LogP contribution in [0.4, 0.5) is 5.69 Å². The number of hydrogen-bond donors (Lipinski definition) is 1. The van der Waals surface area contributed by atoms with Crippen molar-refractivity contribution in [1.29, 1.82) is 0 Å². The maximum absolute atomic E-state index is 13.7. The minimum absolute atomic E-state index is 0.107. The van der Waals surface area contributed by atoms with Crippen molar-refractivity contribution in [2.45, 2.75) is 64.6 Å². The van der Waals surface area contributed by atoms with E-state index >= 15 is 0 Å². The van der Waals surface area contributed by atoms with Crippen molar-refractivity contribution >= 4 is 27.5 Å². The number of benzene rings is 2. The zero-order chi connectivity index (χ0) is 26.3. The van der Waals surface area contributed by atoms with E-state index in [1.54, 1.807) is 31.2 Å². The van der Waals surface area contributed by atoms with Crippen LogP contribution in [0.5, 0.6) is 5.75 Å². The molecule has 0 radical (unpaired) electrons. The number of anilines is 1. The fourth-order valence-electron chi connectivity index (χ4n) is 4.48. The largest absolute Gasteiger partial charge is 0.497 e. The van der Waals surface area contributed by atoms with Crippen LogP contribution in [-0.2, 0) is 26.2 Å². The zero-order valence-electron chi connectivity index (χ0n) is 21.6. The molecule has 2 aromatic carbocycles. The molecule has 2 amide bonds. The lowest BCUT2D eigenvalue weighted by Crippen LogP contribution is -2.53. The summed E-state index contributed by atoms with van der Waals surface area (Å²) in [4.78, 5) is 28.3. The molecule has 1 N–H and O–H groups in total. The minimum Gasteiger partial charge on any atom is -0.497 e. The molecule has 0 bridgehead atoms. The van der Waals surface area contributed by atoms with E-state index in [0.29, 0.717) is 11.4 Å². The van der Waals surface area contributed by atoms with Gasteiger partial charge in [0, 0.05) is 12.6 Å². The van der Waals surface area contributed by atoms with Crippen molar-refractivity contribution in [3.63, 3.8) is 0 Å². The van der Waals surface area contributed by atoms with Crippen LogP contribution >= 0.6 is 0 Å². The summed E-state index contributed by atoms with van der Waals surface area (Å²) in [6, 6.07) is 13.5. The van der Waals surface area contributed by atoms with Gasteiger partial charge in [-0.25, -0.2) is 8.42 Å². The lowest BCUT2D eigenvalue weighted by atomic mass is 9.95. The number of sulfonamides is 1. The first-order valence-corrected chi connectivity index (χ1v) is 14.2. The summed E-state index contributed by atoms with van der Waals surface area (Å²) in [5.41, 5.74) is 2.24. The van der Waals surface area contributed by atoms with Crippen LogP contribution in [0.15, 0.2) is 48.5 Å². The molecule has 1 aliphatic carbocycles. The number of rotatable bonds is 10. The second kappa shape index (κ2) is 12.3. The van der Waals surface area contributed by atoms with Crippen LogP contribution in [0.2, 0.25) is 0 Å². The summed E-state index contributed by atoms with van der Waals surface area (Å²) in [5.74, 6) is -0.0994. The standard InChI is InChI=1S/C27H37N3O5S/c1-20-10-8-9-11-22(20)18-29(21(2)27(32)28-23-12-6-5-7-13-23)26(31)19-30(36(4,33)34)24-14-16-25(35-3)17-15-24/h8-11,14-17,21,23H,5-7,12-13,18-19H2,1-4H3,(H,28,32)/t21-/m1/s1. The van der Waals surface area contributed by atoms with Gasteiger partial charge in [-0.2, -0.15) is 0 Å². The predicted octanol–water partition coefficient (Wildman–Crippen LogP) is 3.64. The Hall–Kier alpha value is -3.07. The van der Waals surface area contributed by atoms with Gasteiger partial charge >= 0.3 is 0 Å². The quantitative estimate of drug-likeness (QED) is 0.521. The second-order valence-corrected chi connectivity index (χ2v) is 11.3. The smallest absolute Gasteiger partial charge is 0.244 e.